The molecule has 0 saturated carbocycles. The first-order chi connectivity index (χ1) is 8.58. The molecular weight excluding hydrogens is 292 g/mol. The van der Waals surface area contributed by atoms with E-state index in [9.17, 15) is 0 Å². The van der Waals surface area contributed by atoms with Crippen molar-refractivity contribution in [3.63, 3.8) is 0 Å². The number of hydrogen-bond donors (Lipinski definition) is 1. The quantitative estimate of drug-likeness (QED) is 0.933. The topological polar surface area (TPSA) is 48.1 Å². The van der Waals surface area contributed by atoms with Gasteiger partial charge in [-0.25, -0.2) is 0 Å². The third-order valence-electron chi connectivity index (χ3n) is 2.65. The maximum absolute atomic E-state index is 5.86. The summed E-state index contributed by atoms with van der Waals surface area (Å²) in [6.07, 6.45) is 1.75. The van der Waals surface area contributed by atoms with Gasteiger partial charge in [0.25, 0.3) is 0 Å². The van der Waals surface area contributed by atoms with Gasteiger partial charge in [0.15, 0.2) is 0 Å². The maximum atomic E-state index is 5.86. The minimum Gasteiger partial charge on any atom is -0.455 e. The second kappa shape index (κ2) is 5.50. The molecule has 1 aromatic carbocycles. The molecule has 18 heavy (non-hydrogen) atoms. The Bertz CT molecular complexity index is 555. The predicted molar refractivity (Wildman–Crippen MR) is 75.8 cm³/mol. The zero-order valence-corrected chi connectivity index (χ0v) is 11.9. The Balaban J connectivity index is 2.26. The molecule has 0 amide bonds. The molecule has 2 N–H and O–H groups in total. The molecule has 0 aliphatic heterocycles. The van der Waals surface area contributed by atoms with E-state index in [0.29, 0.717) is 0 Å². The molecule has 0 aliphatic carbocycles. The molecule has 0 radical (unpaired) electrons. The Morgan fingerprint density at radius 2 is 2.11 bits per heavy atom. The summed E-state index contributed by atoms with van der Waals surface area (Å²) in [5.74, 6) is 1.53. The first-order valence-corrected chi connectivity index (χ1v) is 6.51. The van der Waals surface area contributed by atoms with Crippen molar-refractivity contribution in [2.75, 3.05) is 0 Å². The van der Waals surface area contributed by atoms with Gasteiger partial charge in [0.05, 0.1) is 5.69 Å². The van der Waals surface area contributed by atoms with E-state index < -0.39 is 0 Å². The van der Waals surface area contributed by atoms with Gasteiger partial charge in [0.2, 0.25) is 0 Å². The summed E-state index contributed by atoms with van der Waals surface area (Å²) < 4.78 is 6.75. The van der Waals surface area contributed by atoms with Crippen LogP contribution in [0.5, 0.6) is 11.5 Å². The third-order valence-corrected chi connectivity index (χ3v) is 3.34. The summed E-state index contributed by atoms with van der Waals surface area (Å²) in [6, 6.07) is 9.55. The number of halogens is 1. The lowest BCUT2D eigenvalue weighted by Crippen LogP contribution is -2.05. The monoisotopic (exact) mass is 306 g/mol. The molecule has 0 spiro atoms. The van der Waals surface area contributed by atoms with Gasteiger partial charge in [0.1, 0.15) is 11.5 Å². The Labute approximate surface area is 115 Å². The molecule has 0 bridgehead atoms. The Morgan fingerprint density at radius 3 is 2.72 bits per heavy atom. The number of benzene rings is 1. The van der Waals surface area contributed by atoms with E-state index >= 15 is 0 Å². The van der Waals surface area contributed by atoms with E-state index in [2.05, 4.69) is 20.9 Å². The normalized spacial score (nSPS) is 12.2. The van der Waals surface area contributed by atoms with Crippen LogP contribution in [0.3, 0.4) is 0 Å². The number of aromatic nitrogens is 1. The standard InChI is InChI=1S/C14H15BrN2O/c1-9(16)12-6-5-11(8-13(12)15)18-14-4-3-7-17-10(14)2/h3-9H,16H2,1-2H3/t9-/m1/s1. The Kier molecular flexibility index (Phi) is 3.99. The van der Waals surface area contributed by atoms with Crippen LogP contribution in [0.25, 0.3) is 0 Å². The molecule has 2 aromatic rings. The number of nitrogens with two attached hydrogens (primary N) is 1. The van der Waals surface area contributed by atoms with E-state index in [1.54, 1.807) is 6.20 Å². The van der Waals surface area contributed by atoms with E-state index in [0.717, 1.165) is 27.2 Å². The molecule has 0 unspecified atom stereocenters. The van der Waals surface area contributed by atoms with Crippen molar-refractivity contribution in [2.45, 2.75) is 19.9 Å². The van der Waals surface area contributed by atoms with Crippen molar-refractivity contribution in [2.24, 2.45) is 5.73 Å². The molecule has 3 nitrogen and oxygen atoms in total. The Morgan fingerprint density at radius 1 is 1.33 bits per heavy atom. The van der Waals surface area contributed by atoms with Gasteiger partial charge in [-0.2, -0.15) is 0 Å². The van der Waals surface area contributed by atoms with Gasteiger partial charge in [-0.1, -0.05) is 22.0 Å². The number of rotatable bonds is 3. The summed E-state index contributed by atoms with van der Waals surface area (Å²) in [5.41, 5.74) is 7.79. The predicted octanol–water partition coefficient (Wildman–Crippen LogP) is 3.96. The minimum absolute atomic E-state index is 0.00597. The smallest absolute Gasteiger partial charge is 0.148 e. The molecule has 0 aliphatic rings. The average Bonchev–Trinajstić information content (AvgIpc) is 2.32. The van der Waals surface area contributed by atoms with Crippen LogP contribution in [0.2, 0.25) is 0 Å². The molecule has 0 saturated heterocycles. The fourth-order valence-corrected chi connectivity index (χ4v) is 2.36. The highest BCUT2D eigenvalue weighted by Gasteiger charge is 2.07. The molecule has 4 heteroatoms. The fourth-order valence-electron chi connectivity index (χ4n) is 1.64. The molecule has 1 aromatic heterocycles. The van der Waals surface area contributed by atoms with Crippen LogP contribution in [0, 0.1) is 6.92 Å². The van der Waals surface area contributed by atoms with Gasteiger partial charge in [-0.05, 0) is 43.7 Å². The van der Waals surface area contributed by atoms with Crippen molar-refractivity contribution >= 4 is 15.9 Å². The largest absolute Gasteiger partial charge is 0.455 e. The number of ether oxygens (including phenoxy) is 1. The van der Waals surface area contributed by atoms with Crippen molar-refractivity contribution in [3.8, 4) is 11.5 Å². The van der Waals surface area contributed by atoms with E-state index in [-0.39, 0.29) is 6.04 Å². The highest BCUT2D eigenvalue weighted by atomic mass is 79.9. The second-order valence-electron chi connectivity index (χ2n) is 4.16. The molecule has 0 fully saturated rings. The van der Waals surface area contributed by atoms with Crippen molar-refractivity contribution in [1.82, 2.24) is 4.98 Å². The summed E-state index contributed by atoms with van der Waals surface area (Å²) in [7, 11) is 0. The summed E-state index contributed by atoms with van der Waals surface area (Å²) in [5, 5.41) is 0. The molecular formula is C14H15BrN2O. The number of aryl methyl sites for hydroxylation is 1. The van der Waals surface area contributed by atoms with Gasteiger partial charge in [-0.3, -0.25) is 4.98 Å². The van der Waals surface area contributed by atoms with Gasteiger partial charge < -0.3 is 10.5 Å². The zero-order chi connectivity index (χ0) is 13.1. The molecule has 1 heterocycles. The van der Waals surface area contributed by atoms with Crippen LogP contribution in [0.4, 0.5) is 0 Å². The lowest BCUT2D eigenvalue weighted by Gasteiger charge is -2.12. The second-order valence-corrected chi connectivity index (χ2v) is 5.02. The van der Waals surface area contributed by atoms with Gasteiger partial charge >= 0.3 is 0 Å². The van der Waals surface area contributed by atoms with Crippen LogP contribution in [-0.4, -0.2) is 4.98 Å². The number of hydrogen-bond acceptors (Lipinski definition) is 3. The SMILES string of the molecule is Cc1ncccc1Oc1ccc([C@@H](C)N)c(Br)c1. The number of nitrogens with zero attached hydrogens (tertiary/aromatic N) is 1. The van der Waals surface area contributed by atoms with Crippen LogP contribution in [-0.2, 0) is 0 Å². The van der Waals surface area contributed by atoms with Crippen molar-refractivity contribution in [1.29, 1.82) is 0 Å². The van der Waals surface area contributed by atoms with Gasteiger partial charge in [0, 0.05) is 16.7 Å². The number of pyridine rings is 1. The van der Waals surface area contributed by atoms with Crippen molar-refractivity contribution in [3.05, 3.63) is 52.3 Å². The van der Waals surface area contributed by atoms with Crippen LogP contribution < -0.4 is 10.5 Å². The maximum Gasteiger partial charge on any atom is 0.148 e. The van der Waals surface area contributed by atoms with Crippen LogP contribution in [0.15, 0.2) is 41.0 Å². The fraction of sp³-hybridized carbons (Fsp3) is 0.214. The van der Waals surface area contributed by atoms with Gasteiger partial charge in [-0.15, -0.1) is 0 Å². The highest BCUT2D eigenvalue weighted by Crippen LogP contribution is 2.30. The summed E-state index contributed by atoms with van der Waals surface area (Å²) in [4.78, 5) is 4.19. The highest BCUT2D eigenvalue weighted by molar-refractivity contribution is 9.10. The molecule has 2 rings (SSSR count). The van der Waals surface area contributed by atoms with Crippen molar-refractivity contribution < 1.29 is 4.74 Å². The lowest BCUT2D eigenvalue weighted by atomic mass is 10.1. The van der Waals surface area contributed by atoms with E-state index in [1.807, 2.05) is 44.2 Å². The zero-order valence-electron chi connectivity index (χ0n) is 10.4. The average molecular weight is 307 g/mol. The first kappa shape index (κ1) is 13.1. The summed E-state index contributed by atoms with van der Waals surface area (Å²) in [6.45, 7) is 3.87. The Hall–Kier alpha value is -1.39. The first-order valence-electron chi connectivity index (χ1n) is 5.72. The molecule has 1 atom stereocenters. The minimum atomic E-state index is -0.00597. The molecule has 94 valence electrons. The lowest BCUT2D eigenvalue weighted by molar-refractivity contribution is 0.475. The van der Waals surface area contributed by atoms with Crippen LogP contribution in [0.1, 0.15) is 24.2 Å². The third kappa shape index (κ3) is 2.89. The van der Waals surface area contributed by atoms with Crippen LogP contribution >= 0.6 is 15.9 Å². The van der Waals surface area contributed by atoms with E-state index in [4.69, 9.17) is 10.5 Å². The van der Waals surface area contributed by atoms with E-state index in [1.165, 1.54) is 0 Å². The summed E-state index contributed by atoms with van der Waals surface area (Å²) >= 11 is 3.50.